The number of ether oxygens (including phenoxy) is 1. The first kappa shape index (κ1) is 29.9. The maximum Gasteiger partial charge on any atom is 0.416 e. The molecular weight excluding hydrogens is 539 g/mol. The second kappa shape index (κ2) is 11.1. The summed E-state index contributed by atoms with van der Waals surface area (Å²) in [6, 6.07) is 15.5. The Labute approximate surface area is 234 Å². The van der Waals surface area contributed by atoms with Gasteiger partial charge in [0.2, 0.25) is 5.91 Å². The molecule has 9 heteroatoms. The number of nitrogens with zero attached hydrogens (tertiary/aromatic N) is 1. The van der Waals surface area contributed by atoms with Crippen LogP contribution in [0.4, 0.5) is 13.2 Å². The van der Waals surface area contributed by atoms with Crippen LogP contribution >= 0.6 is 0 Å². The van der Waals surface area contributed by atoms with Crippen molar-refractivity contribution in [3.63, 3.8) is 0 Å². The minimum absolute atomic E-state index is 0.0183. The van der Waals surface area contributed by atoms with Gasteiger partial charge in [0.25, 0.3) is 0 Å². The molecule has 1 atom stereocenters. The molecule has 1 aliphatic heterocycles. The number of likely N-dealkylation sites (tertiary alicyclic amines) is 1. The molecule has 1 aliphatic rings. The van der Waals surface area contributed by atoms with Crippen LogP contribution in [0.5, 0.6) is 5.75 Å². The van der Waals surface area contributed by atoms with E-state index in [-0.39, 0.29) is 28.6 Å². The van der Waals surface area contributed by atoms with Gasteiger partial charge in [-0.05, 0) is 91.3 Å². The van der Waals surface area contributed by atoms with Gasteiger partial charge in [-0.3, -0.25) is 4.79 Å². The average molecular weight is 576 g/mol. The van der Waals surface area contributed by atoms with Gasteiger partial charge in [-0.15, -0.1) is 0 Å². The van der Waals surface area contributed by atoms with Gasteiger partial charge in [-0.2, -0.15) is 13.2 Å². The fourth-order valence-corrected chi connectivity index (χ4v) is 7.49. The van der Waals surface area contributed by atoms with Crippen molar-refractivity contribution in [2.45, 2.75) is 62.3 Å². The van der Waals surface area contributed by atoms with Crippen molar-refractivity contribution in [3.05, 3.63) is 71.8 Å². The molecule has 0 spiro atoms. The van der Waals surface area contributed by atoms with E-state index < -0.39 is 26.3 Å². The number of carbonyl (C=O) groups is 1. The number of alkyl halides is 3. The highest BCUT2D eigenvalue weighted by Gasteiger charge is 2.45. The molecule has 3 aromatic rings. The van der Waals surface area contributed by atoms with Crippen molar-refractivity contribution in [2.24, 2.45) is 11.8 Å². The number of methoxy groups -OCH3 is 1. The minimum Gasteiger partial charge on any atom is -0.497 e. The van der Waals surface area contributed by atoms with Gasteiger partial charge in [-0.25, -0.2) is 8.42 Å². The van der Waals surface area contributed by atoms with Gasteiger partial charge in [0.1, 0.15) is 5.75 Å². The van der Waals surface area contributed by atoms with Crippen molar-refractivity contribution in [2.75, 3.05) is 20.2 Å². The molecule has 216 valence electrons. The fourth-order valence-electron chi connectivity index (χ4n) is 5.71. The van der Waals surface area contributed by atoms with Crippen LogP contribution in [-0.2, 0) is 20.8 Å². The third kappa shape index (κ3) is 5.71. The topological polar surface area (TPSA) is 63.7 Å². The first-order valence-electron chi connectivity index (χ1n) is 13.4. The maximum absolute atomic E-state index is 13.8. The predicted octanol–water partition coefficient (Wildman–Crippen LogP) is 7.10. The first-order valence-corrected chi connectivity index (χ1v) is 14.9. The fraction of sp³-hybridized carbons (Fsp3) is 0.452. The highest BCUT2D eigenvalue weighted by Crippen LogP contribution is 2.40. The van der Waals surface area contributed by atoms with Crippen LogP contribution in [0.1, 0.15) is 57.6 Å². The molecule has 4 rings (SSSR count). The lowest BCUT2D eigenvalue weighted by Crippen LogP contribution is -2.49. The molecule has 0 N–H and O–H groups in total. The molecule has 1 amide bonds. The van der Waals surface area contributed by atoms with Gasteiger partial charge in [0.15, 0.2) is 9.84 Å². The molecule has 1 unspecified atom stereocenters. The highest BCUT2D eigenvalue weighted by atomic mass is 32.2. The lowest BCUT2D eigenvalue weighted by Gasteiger charge is -2.41. The van der Waals surface area contributed by atoms with Crippen molar-refractivity contribution in [1.82, 2.24) is 4.90 Å². The summed E-state index contributed by atoms with van der Waals surface area (Å²) in [4.78, 5) is 15.5. The predicted molar refractivity (Wildman–Crippen MR) is 150 cm³/mol. The second-order valence-corrected chi connectivity index (χ2v) is 14.0. The Morgan fingerprint density at radius 1 is 0.925 bits per heavy atom. The number of sulfone groups is 1. The Morgan fingerprint density at radius 3 is 2.05 bits per heavy atom. The van der Waals surface area contributed by atoms with E-state index in [0.717, 1.165) is 46.4 Å². The van der Waals surface area contributed by atoms with E-state index in [1.54, 1.807) is 21.0 Å². The van der Waals surface area contributed by atoms with E-state index in [9.17, 15) is 26.4 Å². The summed E-state index contributed by atoms with van der Waals surface area (Å²) in [6.45, 7) is 8.14. The zero-order valence-electron chi connectivity index (χ0n) is 23.5. The minimum atomic E-state index is -4.54. The smallest absolute Gasteiger partial charge is 0.416 e. The van der Waals surface area contributed by atoms with E-state index in [4.69, 9.17) is 4.74 Å². The van der Waals surface area contributed by atoms with Crippen LogP contribution in [0.2, 0.25) is 0 Å². The summed E-state index contributed by atoms with van der Waals surface area (Å²) in [5.74, 6) is 0.244. The molecular formula is C31H36F3NO4S. The number of amides is 1. The van der Waals surface area contributed by atoms with E-state index in [2.05, 4.69) is 0 Å². The zero-order chi connectivity index (χ0) is 29.5. The molecule has 0 aromatic heterocycles. The van der Waals surface area contributed by atoms with Gasteiger partial charge < -0.3 is 9.64 Å². The number of rotatable bonds is 7. The summed E-state index contributed by atoms with van der Waals surface area (Å²) in [5.41, 5.74) is 0.0481. The monoisotopic (exact) mass is 575 g/mol. The quantitative estimate of drug-likeness (QED) is 0.302. The van der Waals surface area contributed by atoms with E-state index in [1.807, 2.05) is 55.1 Å². The summed E-state index contributed by atoms with van der Waals surface area (Å²) in [7, 11) is -2.29. The Kier molecular flexibility index (Phi) is 8.28. The lowest BCUT2D eigenvalue weighted by atomic mass is 9.83. The average Bonchev–Trinajstić information content (AvgIpc) is 2.92. The lowest BCUT2D eigenvalue weighted by molar-refractivity contribution is -0.137. The highest BCUT2D eigenvalue weighted by molar-refractivity contribution is 7.92. The first-order chi connectivity index (χ1) is 18.7. The second-order valence-electron chi connectivity index (χ2n) is 11.4. The summed E-state index contributed by atoms with van der Waals surface area (Å²) >= 11 is 0. The van der Waals surface area contributed by atoms with Crippen LogP contribution in [0, 0.1) is 11.8 Å². The van der Waals surface area contributed by atoms with Gasteiger partial charge in [-0.1, -0.05) is 38.1 Å². The molecule has 5 nitrogen and oxygen atoms in total. The molecule has 3 aromatic carbocycles. The van der Waals surface area contributed by atoms with E-state index in [0.29, 0.717) is 25.9 Å². The molecule has 1 heterocycles. The summed E-state index contributed by atoms with van der Waals surface area (Å²) in [5, 5.41) is 2.04. The van der Waals surface area contributed by atoms with E-state index >= 15 is 0 Å². The molecule has 40 heavy (non-hydrogen) atoms. The van der Waals surface area contributed by atoms with Gasteiger partial charge >= 0.3 is 6.18 Å². The Bertz CT molecular complexity index is 1470. The SMILES string of the molecule is COc1ccc2cc(C(C(=O)N3CCC(C(C)(C)S(=O)(=O)c4ccc(C(F)(F)F)cc4)CC3)C(C)C)ccc2c1. The largest absolute Gasteiger partial charge is 0.497 e. The molecule has 1 fully saturated rings. The number of piperidine rings is 1. The number of hydrogen-bond donors (Lipinski definition) is 0. The molecule has 0 radical (unpaired) electrons. The zero-order valence-corrected chi connectivity index (χ0v) is 24.3. The van der Waals surface area contributed by atoms with Crippen molar-refractivity contribution in [3.8, 4) is 5.75 Å². The molecule has 0 bridgehead atoms. The number of halogens is 3. The summed E-state index contributed by atoms with van der Waals surface area (Å²) in [6.07, 6.45) is -3.56. The van der Waals surface area contributed by atoms with E-state index in [1.165, 1.54) is 0 Å². The number of carbonyl (C=O) groups excluding carboxylic acids is 1. The van der Waals surface area contributed by atoms with Crippen molar-refractivity contribution >= 4 is 26.5 Å². The van der Waals surface area contributed by atoms with Crippen LogP contribution in [0.15, 0.2) is 65.6 Å². The maximum atomic E-state index is 13.8. The van der Waals surface area contributed by atoms with Gasteiger partial charge in [0, 0.05) is 13.1 Å². The Morgan fingerprint density at radius 2 is 1.50 bits per heavy atom. The number of hydrogen-bond acceptors (Lipinski definition) is 4. The molecule has 0 aliphatic carbocycles. The Hall–Kier alpha value is -3.07. The van der Waals surface area contributed by atoms with Crippen molar-refractivity contribution in [1.29, 1.82) is 0 Å². The molecule has 1 saturated heterocycles. The van der Waals surface area contributed by atoms with Crippen LogP contribution in [0.3, 0.4) is 0 Å². The van der Waals surface area contributed by atoms with Gasteiger partial charge in [0.05, 0.1) is 28.2 Å². The van der Waals surface area contributed by atoms with Crippen LogP contribution < -0.4 is 4.74 Å². The number of fused-ring (bicyclic) bond motifs is 1. The standard InChI is InChI=1S/C31H36F3NO4S/c1-20(2)28(23-7-6-22-19-26(39-5)11-8-21(22)18-23)29(36)35-16-14-24(15-17-35)30(3,4)40(37,38)27-12-9-25(10-13-27)31(32,33)34/h6-13,18-20,24,28H,14-17H2,1-5H3. The normalized spacial score (nSPS) is 16.4. The Balaban J connectivity index is 1.49. The third-order valence-electron chi connectivity index (χ3n) is 8.34. The number of benzene rings is 3. The van der Waals surface area contributed by atoms with Crippen molar-refractivity contribution < 1.29 is 31.1 Å². The van der Waals surface area contributed by atoms with Crippen LogP contribution in [0.25, 0.3) is 10.8 Å². The molecule has 0 saturated carbocycles. The third-order valence-corrected chi connectivity index (χ3v) is 10.9. The summed E-state index contributed by atoms with van der Waals surface area (Å²) < 4.78 is 70.0. The van der Waals surface area contributed by atoms with Crippen LogP contribution in [-0.4, -0.2) is 44.2 Å².